The van der Waals surface area contributed by atoms with E-state index in [1.807, 2.05) is 6.07 Å². The second-order valence-corrected chi connectivity index (χ2v) is 8.40. The quantitative estimate of drug-likeness (QED) is 0.509. The van der Waals surface area contributed by atoms with Gasteiger partial charge in [0.05, 0.1) is 13.1 Å². The fraction of sp³-hybridized carbons (Fsp3) is 0.308. The van der Waals surface area contributed by atoms with E-state index in [1.54, 1.807) is 0 Å². The van der Waals surface area contributed by atoms with E-state index in [2.05, 4.69) is 87.6 Å². The van der Waals surface area contributed by atoms with Crippen molar-refractivity contribution in [1.82, 2.24) is 4.98 Å². The molecule has 0 unspecified atom stereocenters. The van der Waals surface area contributed by atoms with Crippen LogP contribution in [0.3, 0.4) is 0 Å². The highest BCUT2D eigenvalue weighted by Crippen LogP contribution is 2.25. The van der Waals surface area contributed by atoms with E-state index >= 15 is 0 Å². The summed E-state index contributed by atoms with van der Waals surface area (Å²) in [5, 5.41) is 9.95. The summed E-state index contributed by atoms with van der Waals surface area (Å²) in [7, 11) is 0. The van der Waals surface area contributed by atoms with Crippen molar-refractivity contribution in [2.75, 3.05) is 36.0 Å². The molecule has 0 radical (unpaired) electrons. The van der Waals surface area contributed by atoms with E-state index in [0.29, 0.717) is 0 Å². The van der Waals surface area contributed by atoms with Crippen LogP contribution < -0.4 is 14.2 Å². The summed E-state index contributed by atoms with van der Waals surface area (Å²) in [6.07, 6.45) is 1.93. The van der Waals surface area contributed by atoms with Crippen LogP contribution in [0.25, 0.3) is 16.7 Å². The minimum absolute atomic E-state index is 0.764. The lowest BCUT2D eigenvalue weighted by Gasteiger charge is -2.34. The third-order valence-corrected chi connectivity index (χ3v) is 6.35. The number of aryl methyl sites for hydroxylation is 2. The topological polar surface area (TPSA) is 50.2 Å². The predicted molar refractivity (Wildman–Crippen MR) is 126 cm³/mol. The zero-order chi connectivity index (χ0) is 21.4. The van der Waals surface area contributed by atoms with Gasteiger partial charge in [-0.05, 0) is 43.2 Å². The first-order valence-corrected chi connectivity index (χ1v) is 11.1. The van der Waals surface area contributed by atoms with Crippen LogP contribution in [0.15, 0.2) is 54.6 Å². The Morgan fingerprint density at radius 1 is 1.00 bits per heavy atom. The average molecular weight is 411 g/mol. The van der Waals surface area contributed by atoms with E-state index < -0.39 is 0 Å². The van der Waals surface area contributed by atoms with Crippen LogP contribution in [0.4, 0.5) is 11.5 Å². The molecule has 0 amide bonds. The number of benzene rings is 2. The number of piperazine rings is 1. The Balaban J connectivity index is 1.56. The Bertz CT molecular complexity index is 1270. The zero-order valence-corrected chi connectivity index (χ0v) is 18.2. The minimum Gasteiger partial charge on any atom is -0.365 e. The van der Waals surface area contributed by atoms with Crippen molar-refractivity contribution in [3.05, 3.63) is 71.3 Å². The summed E-state index contributed by atoms with van der Waals surface area (Å²) >= 11 is 0. The van der Waals surface area contributed by atoms with Crippen molar-refractivity contribution in [2.24, 2.45) is 0 Å². The van der Waals surface area contributed by atoms with Gasteiger partial charge in [-0.2, -0.15) is 9.66 Å². The van der Waals surface area contributed by atoms with Crippen LogP contribution >= 0.6 is 0 Å². The molecule has 3 heterocycles. The van der Waals surface area contributed by atoms with Crippen LogP contribution in [-0.4, -0.2) is 31.2 Å². The molecule has 5 rings (SSSR count). The van der Waals surface area contributed by atoms with Crippen LogP contribution in [0.1, 0.15) is 30.0 Å². The maximum atomic E-state index is 9.95. The first-order valence-electron chi connectivity index (χ1n) is 11.1. The Morgan fingerprint density at radius 3 is 2.42 bits per heavy atom. The maximum Gasteiger partial charge on any atom is 0.250 e. The van der Waals surface area contributed by atoms with E-state index in [9.17, 15) is 5.26 Å². The number of aromatic amines is 1. The smallest absolute Gasteiger partial charge is 0.250 e. The summed E-state index contributed by atoms with van der Waals surface area (Å²) in [6, 6.07) is 21.8. The van der Waals surface area contributed by atoms with Gasteiger partial charge in [0, 0.05) is 24.8 Å². The molecule has 0 atom stereocenters. The largest absolute Gasteiger partial charge is 0.365 e. The van der Waals surface area contributed by atoms with E-state index in [-0.39, 0.29) is 0 Å². The number of imidazole rings is 1. The lowest BCUT2D eigenvalue weighted by molar-refractivity contribution is -0.467. The zero-order valence-electron chi connectivity index (χ0n) is 18.2. The summed E-state index contributed by atoms with van der Waals surface area (Å²) < 4.78 is 2.24. The summed E-state index contributed by atoms with van der Waals surface area (Å²) in [4.78, 5) is 8.45. The lowest BCUT2D eigenvalue weighted by Crippen LogP contribution is -2.49. The third-order valence-electron chi connectivity index (χ3n) is 6.35. The van der Waals surface area contributed by atoms with Gasteiger partial charge < -0.3 is 4.90 Å². The van der Waals surface area contributed by atoms with Crippen LogP contribution in [-0.2, 0) is 6.42 Å². The van der Waals surface area contributed by atoms with Gasteiger partial charge in [-0.3, -0.25) is 9.88 Å². The molecule has 0 aliphatic carbocycles. The SMILES string of the molecule is CCCc1cc(N2CCN(c3ccc(C)cc3)CC2)[n+]2c([nH]c3ccccc32)c1C#N. The number of hydrogen-bond donors (Lipinski definition) is 1. The van der Waals surface area contributed by atoms with Crippen molar-refractivity contribution in [1.29, 1.82) is 5.26 Å². The van der Waals surface area contributed by atoms with Gasteiger partial charge in [0.15, 0.2) is 0 Å². The van der Waals surface area contributed by atoms with E-state index in [4.69, 9.17) is 0 Å². The molecule has 4 aromatic rings. The molecular weight excluding hydrogens is 382 g/mol. The van der Waals surface area contributed by atoms with E-state index in [0.717, 1.165) is 66.8 Å². The molecule has 1 aliphatic rings. The number of nitriles is 1. The highest BCUT2D eigenvalue weighted by Gasteiger charge is 2.28. The molecule has 31 heavy (non-hydrogen) atoms. The Labute approximate surface area is 183 Å². The molecule has 0 spiro atoms. The molecule has 5 nitrogen and oxygen atoms in total. The highest BCUT2D eigenvalue weighted by molar-refractivity contribution is 5.77. The molecule has 5 heteroatoms. The maximum absolute atomic E-state index is 9.95. The molecule has 0 saturated carbocycles. The second kappa shape index (κ2) is 7.96. The number of nitrogens with zero attached hydrogens (tertiary/aromatic N) is 4. The van der Waals surface area contributed by atoms with Gasteiger partial charge in [-0.1, -0.05) is 43.2 Å². The molecular formula is C26H28N5+. The summed E-state index contributed by atoms with van der Waals surface area (Å²) in [5.41, 5.74) is 7.57. The molecule has 1 N–H and O–H groups in total. The third kappa shape index (κ3) is 3.38. The first-order chi connectivity index (χ1) is 15.2. The van der Waals surface area contributed by atoms with Gasteiger partial charge in [0.2, 0.25) is 11.5 Å². The average Bonchev–Trinajstić information content (AvgIpc) is 3.19. The number of nitrogens with one attached hydrogen (secondary N) is 1. The van der Waals surface area contributed by atoms with Crippen LogP contribution in [0.2, 0.25) is 0 Å². The highest BCUT2D eigenvalue weighted by atomic mass is 15.3. The Kier molecular flexibility index (Phi) is 4.99. The summed E-state index contributed by atoms with van der Waals surface area (Å²) in [6.45, 7) is 8.17. The number of aromatic nitrogens is 2. The van der Waals surface area contributed by atoms with Gasteiger partial charge >= 0.3 is 0 Å². The fourth-order valence-electron chi connectivity index (χ4n) is 4.71. The number of H-pyrrole nitrogens is 1. The van der Waals surface area contributed by atoms with Crippen LogP contribution in [0.5, 0.6) is 0 Å². The normalized spacial score (nSPS) is 14.4. The van der Waals surface area contributed by atoms with Crippen molar-refractivity contribution < 1.29 is 4.40 Å². The van der Waals surface area contributed by atoms with Gasteiger partial charge in [-0.15, -0.1) is 0 Å². The van der Waals surface area contributed by atoms with Gasteiger partial charge in [0.25, 0.3) is 0 Å². The fourth-order valence-corrected chi connectivity index (χ4v) is 4.71. The van der Waals surface area contributed by atoms with Crippen LogP contribution in [0, 0.1) is 18.3 Å². The number of hydrogen-bond acceptors (Lipinski definition) is 3. The van der Waals surface area contributed by atoms with Crippen molar-refractivity contribution in [3.8, 4) is 6.07 Å². The Hall–Kier alpha value is -3.52. The molecule has 1 aliphatic heterocycles. The standard InChI is InChI=1S/C26H27N5/c1-3-6-20-17-25(30-15-13-29(14-16-30)21-11-9-19(2)10-12-21)31-24-8-5-4-7-23(24)28-26(31)22(20)18-27/h4-5,7-12,17H,3,6,13-16H2,1-2H3/p+1. The van der Waals surface area contributed by atoms with Crippen molar-refractivity contribution in [3.63, 3.8) is 0 Å². The monoisotopic (exact) mass is 410 g/mol. The molecule has 0 bridgehead atoms. The van der Waals surface area contributed by atoms with Crippen molar-refractivity contribution in [2.45, 2.75) is 26.7 Å². The number of para-hydroxylation sites is 2. The second-order valence-electron chi connectivity index (χ2n) is 8.40. The molecule has 2 aromatic heterocycles. The Morgan fingerprint density at radius 2 is 1.71 bits per heavy atom. The number of pyridine rings is 1. The predicted octanol–water partition coefficient (Wildman–Crippen LogP) is 4.37. The minimum atomic E-state index is 0.764. The summed E-state index contributed by atoms with van der Waals surface area (Å²) in [5.74, 6) is 1.18. The molecule has 156 valence electrons. The number of anilines is 2. The molecule has 2 aromatic carbocycles. The van der Waals surface area contributed by atoms with Gasteiger partial charge in [0.1, 0.15) is 22.7 Å². The molecule has 1 saturated heterocycles. The van der Waals surface area contributed by atoms with Crippen molar-refractivity contribution >= 4 is 28.2 Å². The molecule has 1 fully saturated rings. The van der Waals surface area contributed by atoms with E-state index in [1.165, 1.54) is 17.1 Å². The number of fused-ring (bicyclic) bond motifs is 3. The number of rotatable bonds is 4. The lowest BCUT2D eigenvalue weighted by atomic mass is 10.0. The first kappa shape index (κ1) is 19.4. The van der Waals surface area contributed by atoms with Gasteiger partial charge in [-0.25, -0.2) is 0 Å².